The molecule has 6 heteroatoms. The van der Waals surface area contributed by atoms with Crippen LogP contribution in [0.4, 0.5) is 0 Å². The first-order valence-corrected chi connectivity index (χ1v) is 7.73. The van der Waals surface area contributed by atoms with Crippen LogP contribution in [0, 0.1) is 0 Å². The summed E-state index contributed by atoms with van der Waals surface area (Å²) < 4.78 is 6.15. The van der Waals surface area contributed by atoms with Gasteiger partial charge in [0.1, 0.15) is 0 Å². The SMILES string of the molecule is O=C(O)CCN(C(=O)c1cccc(Br)c1)C1CCOCC1. The quantitative estimate of drug-likeness (QED) is 0.881. The maximum atomic E-state index is 12.7. The van der Waals surface area contributed by atoms with Crippen LogP contribution >= 0.6 is 15.9 Å². The van der Waals surface area contributed by atoms with Crippen molar-refractivity contribution >= 4 is 27.8 Å². The molecule has 0 aromatic heterocycles. The van der Waals surface area contributed by atoms with Crippen molar-refractivity contribution < 1.29 is 19.4 Å². The van der Waals surface area contributed by atoms with Crippen LogP contribution in [-0.4, -0.2) is 47.7 Å². The first-order valence-electron chi connectivity index (χ1n) is 6.94. The molecule has 1 aliphatic rings. The summed E-state index contributed by atoms with van der Waals surface area (Å²) in [6.07, 6.45) is 1.45. The van der Waals surface area contributed by atoms with E-state index >= 15 is 0 Å². The van der Waals surface area contributed by atoms with E-state index in [9.17, 15) is 9.59 Å². The fraction of sp³-hybridized carbons (Fsp3) is 0.467. The van der Waals surface area contributed by atoms with Gasteiger partial charge in [0.2, 0.25) is 0 Å². The topological polar surface area (TPSA) is 66.8 Å². The minimum atomic E-state index is -0.894. The lowest BCUT2D eigenvalue weighted by Crippen LogP contribution is -2.44. The number of hydrogen-bond donors (Lipinski definition) is 1. The van der Waals surface area contributed by atoms with Crippen molar-refractivity contribution in [1.29, 1.82) is 0 Å². The van der Waals surface area contributed by atoms with Crippen molar-refractivity contribution in [1.82, 2.24) is 4.90 Å². The molecular weight excluding hydrogens is 338 g/mol. The second-order valence-corrected chi connectivity index (χ2v) is 5.91. The molecule has 1 saturated heterocycles. The van der Waals surface area contributed by atoms with Gasteiger partial charge in [-0.05, 0) is 31.0 Å². The summed E-state index contributed by atoms with van der Waals surface area (Å²) in [7, 11) is 0. The van der Waals surface area contributed by atoms with E-state index in [-0.39, 0.29) is 24.9 Å². The van der Waals surface area contributed by atoms with Gasteiger partial charge < -0.3 is 14.7 Å². The molecule has 0 aliphatic carbocycles. The number of hydrogen-bond acceptors (Lipinski definition) is 3. The number of carbonyl (C=O) groups is 2. The van der Waals surface area contributed by atoms with Crippen LogP contribution in [0.15, 0.2) is 28.7 Å². The van der Waals surface area contributed by atoms with Crippen LogP contribution in [0.1, 0.15) is 29.6 Å². The molecule has 0 bridgehead atoms. The molecule has 0 atom stereocenters. The first-order chi connectivity index (χ1) is 10.1. The van der Waals surface area contributed by atoms with E-state index in [0.29, 0.717) is 18.8 Å². The molecule has 0 spiro atoms. The molecule has 1 aromatic carbocycles. The molecule has 0 saturated carbocycles. The lowest BCUT2D eigenvalue weighted by atomic mass is 10.0. The minimum absolute atomic E-state index is 0.0445. The lowest BCUT2D eigenvalue weighted by Gasteiger charge is -2.34. The largest absolute Gasteiger partial charge is 0.481 e. The zero-order chi connectivity index (χ0) is 15.2. The Balaban J connectivity index is 2.16. The van der Waals surface area contributed by atoms with Crippen LogP contribution in [0.5, 0.6) is 0 Å². The average Bonchev–Trinajstić information content (AvgIpc) is 2.48. The zero-order valence-electron chi connectivity index (χ0n) is 11.6. The normalized spacial score (nSPS) is 15.7. The molecule has 0 radical (unpaired) electrons. The van der Waals surface area contributed by atoms with Gasteiger partial charge in [0, 0.05) is 35.8 Å². The number of halogens is 1. The van der Waals surface area contributed by atoms with Crippen LogP contribution in [0.25, 0.3) is 0 Å². The fourth-order valence-corrected chi connectivity index (χ4v) is 2.85. The zero-order valence-corrected chi connectivity index (χ0v) is 13.2. The highest BCUT2D eigenvalue weighted by Gasteiger charge is 2.27. The predicted octanol–water partition coefficient (Wildman–Crippen LogP) is 2.55. The number of amides is 1. The van der Waals surface area contributed by atoms with Crippen LogP contribution < -0.4 is 0 Å². The number of ether oxygens (including phenoxy) is 1. The average molecular weight is 356 g/mol. The molecule has 1 heterocycles. The summed E-state index contributed by atoms with van der Waals surface area (Å²) in [6.45, 7) is 1.45. The highest BCUT2D eigenvalue weighted by atomic mass is 79.9. The standard InChI is InChI=1S/C15H18BrNO4/c16-12-3-1-2-11(10-12)15(20)17(7-4-14(18)19)13-5-8-21-9-6-13/h1-3,10,13H,4-9H2,(H,18,19). The van der Waals surface area contributed by atoms with Crippen molar-refractivity contribution in [2.75, 3.05) is 19.8 Å². The van der Waals surface area contributed by atoms with Crippen molar-refractivity contribution in [2.24, 2.45) is 0 Å². The van der Waals surface area contributed by atoms with E-state index in [0.717, 1.165) is 17.3 Å². The van der Waals surface area contributed by atoms with E-state index in [1.807, 2.05) is 6.07 Å². The second kappa shape index (κ2) is 7.56. The van der Waals surface area contributed by atoms with Gasteiger partial charge in [-0.3, -0.25) is 9.59 Å². The molecule has 1 aliphatic heterocycles. The van der Waals surface area contributed by atoms with Gasteiger partial charge in [-0.1, -0.05) is 22.0 Å². The van der Waals surface area contributed by atoms with Crippen LogP contribution in [-0.2, 0) is 9.53 Å². The van der Waals surface area contributed by atoms with E-state index < -0.39 is 5.97 Å². The number of aliphatic carboxylic acids is 1. The highest BCUT2D eigenvalue weighted by Crippen LogP contribution is 2.20. The molecule has 1 amide bonds. The Kier molecular flexibility index (Phi) is 5.76. The molecule has 5 nitrogen and oxygen atoms in total. The first kappa shape index (κ1) is 16.0. The molecule has 0 unspecified atom stereocenters. The van der Waals surface area contributed by atoms with Gasteiger partial charge in [-0.15, -0.1) is 0 Å². The minimum Gasteiger partial charge on any atom is -0.481 e. The van der Waals surface area contributed by atoms with E-state index in [2.05, 4.69) is 15.9 Å². The predicted molar refractivity (Wildman–Crippen MR) is 81.3 cm³/mol. The maximum absolute atomic E-state index is 12.7. The Morgan fingerprint density at radius 2 is 2.05 bits per heavy atom. The van der Waals surface area contributed by atoms with E-state index in [1.54, 1.807) is 23.1 Å². The lowest BCUT2D eigenvalue weighted by molar-refractivity contribution is -0.137. The maximum Gasteiger partial charge on any atom is 0.305 e. The number of carboxylic acids is 1. The Morgan fingerprint density at radius 3 is 2.67 bits per heavy atom. The highest BCUT2D eigenvalue weighted by molar-refractivity contribution is 9.10. The van der Waals surface area contributed by atoms with Crippen molar-refractivity contribution in [3.63, 3.8) is 0 Å². The van der Waals surface area contributed by atoms with Gasteiger partial charge in [0.25, 0.3) is 5.91 Å². The van der Waals surface area contributed by atoms with Crippen LogP contribution in [0.2, 0.25) is 0 Å². The summed E-state index contributed by atoms with van der Waals surface area (Å²) in [6, 6.07) is 7.21. The third kappa shape index (κ3) is 4.54. The van der Waals surface area contributed by atoms with Gasteiger partial charge in [-0.25, -0.2) is 0 Å². The number of carbonyl (C=O) groups excluding carboxylic acids is 1. The Hall–Kier alpha value is -1.40. The Labute approximate surface area is 132 Å². The summed E-state index contributed by atoms with van der Waals surface area (Å²) in [5.41, 5.74) is 0.571. The summed E-state index contributed by atoms with van der Waals surface area (Å²) in [4.78, 5) is 25.2. The van der Waals surface area contributed by atoms with Crippen molar-refractivity contribution in [2.45, 2.75) is 25.3 Å². The Morgan fingerprint density at radius 1 is 1.33 bits per heavy atom. The van der Waals surface area contributed by atoms with E-state index in [1.165, 1.54) is 0 Å². The van der Waals surface area contributed by atoms with Gasteiger partial charge in [-0.2, -0.15) is 0 Å². The number of benzene rings is 1. The van der Waals surface area contributed by atoms with Crippen LogP contribution in [0.3, 0.4) is 0 Å². The molecule has 1 fully saturated rings. The van der Waals surface area contributed by atoms with Gasteiger partial charge >= 0.3 is 5.97 Å². The third-order valence-corrected chi connectivity index (χ3v) is 4.02. The number of rotatable bonds is 5. The molecule has 114 valence electrons. The molecule has 1 aromatic rings. The molecular formula is C15H18BrNO4. The van der Waals surface area contributed by atoms with E-state index in [4.69, 9.17) is 9.84 Å². The summed E-state index contributed by atoms with van der Waals surface area (Å²) >= 11 is 3.35. The molecule has 21 heavy (non-hydrogen) atoms. The van der Waals surface area contributed by atoms with Crippen molar-refractivity contribution in [3.05, 3.63) is 34.3 Å². The van der Waals surface area contributed by atoms with Gasteiger partial charge in [0.15, 0.2) is 0 Å². The van der Waals surface area contributed by atoms with Crippen molar-refractivity contribution in [3.8, 4) is 0 Å². The second-order valence-electron chi connectivity index (χ2n) is 5.00. The third-order valence-electron chi connectivity index (χ3n) is 3.53. The smallest absolute Gasteiger partial charge is 0.305 e. The summed E-state index contributed by atoms with van der Waals surface area (Å²) in [5.74, 6) is -1.02. The number of carboxylic acid groups (broad SMARTS) is 1. The number of nitrogens with zero attached hydrogens (tertiary/aromatic N) is 1. The molecule has 1 N–H and O–H groups in total. The van der Waals surface area contributed by atoms with Gasteiger partial charge in [0.05, 0.1) is 6.42 Å². The summed E-state index contributed by atoms with van der Waals surface area (Å²) in [5, 5.41) is 8.89. The monoisotopic (exact) mass is 355 g/mol. The molecule has 2 rings (SSSR count). The Bertz CT molecular complexity index is 514. The fourth-order valence-electron chi connectivity index (χ4n) is 2.45.